The Kier molecular flexibility index (Phi) is 7.76. The number of aryl methyl sites for hydroxylation is 1. The van der Waals surface area contributed by atoms with E-state index in [1.165, 1.54) is 23.1 Å². The zero-order valence-electron chi connectivity index (χ0n) is 21.2. The molecule has 0 unspecified atom stereocenters. The van der Waals surface area contributed by atoms with E-state index in [0.717, 1.165) is 57.3 Å². The van der Waals surface area contributed by atoms with Crippen LogP contribution in [0.2, 0.25) is 0 Å². The van der Waals surface area contributed by atoms with Crippen LogP contribution >= 0.6 is 23.1 Å². The first-order valence-electron chi connectivity index (χ1n) is 12.5. The van der Waals surface area contributed by atoms with Gasteiger partial charge < -0.3 is 15.5 Å². The van der Waals surface area contributed by atoms with Crippen LogP contribution in [0.5, 0.6) is 0 Å². The van der Waals surface area contributed by atoms with Gasteiger partial charge in [0.25, 0.3) is 11.8 Å². The summed E-state index contributed by atoms with van der Waals surface area (Å²) in [5.41, 5.74) is 5.22. The number of hydrogen-bond acceptors (Lipinski definition) is 6. The summed E-state index contributed by atoms with van der Waals surface area (Å²) in [6, 6.07) is 18.3. The van der Waals surface area contributed by atoms with Crippen LogP contribution in [0.15, 0.2) is 65.0 Å². The Balaban J connectivity index is 1.24. The first kappa shape index (κ1) is 25.9. The fourth-order valence-corrected chi connectivity index (χ4v) is 6.31. The molecule has 0 saturated carbocycles. The molecule has 2 N–H and O–H groups in total. The van der Waals surface area contributed by atoms with Crippen LogP contribution in [0.25, 0.3) is 10.2 Å². The third-order valence-electron chi connectivity index (χ3n) is 6.63. The Labute approximate surface area is 229 Å². The minimum Gasteiger partial charge on any atom is -0.339 e. The van der Waals surface area contributed by atoms with Crippen molar-refractivity contribution in [3.63, 3.8) is 0 Å². The van der Waals surface area contributed by atoms with Gasteiger partial charge in [-0.1, -0.05) is 36.0 Å². The molecule has 1 fully saturated rings. The van der Waals surface area contributed by atoms with E-state index in [0.29, 0.717) is 16.8 Å². The average Bonchev–Trinajstić information content (AvgIpc) is 3.60. The summed E-state index contributed by atoms with van der Waals surface area (Å²) in [6.07, 6.45) is 1.98. The van der Waals surface area contributed by atoms with Crippen molar-refractivity contribution in [2.24, 2.45) is 0 Å². The van der Waals surface area contributed by atoms with Gasteiger partial charge in [0.1, 0.15) is 0 Å². The van der Waals surface area contributed by atoms with Crippen molar-refractivity contribution in [2.45, 2.75) is 31.0 Å². The van der Waals surface area contributed by atoms with Crippen molar-refractivity contribution >= 4 is 62.4 Å². The number of hydrogen-bond donors (Lipinski definition) is 2. The summed E-state index contributed by atoms with van der Waals surface area (Å²) >= 11 is 2.86. The molecule has 0 radical (unpaired) electrons. The van der Waals surface area contributed by atoms with Crippen LogP contribution in [0.1, 0.15) is 44.7 Å². The molecular formula is C29H28N4O3S2. The molecule has 38 heavy (non-hydrogen) atoms. The SMILES string of the molecule is Cc1cccc(NC(=O)CSc2nc3ccc(NC(=O)c4ccccc4C(=O)N4CCCC4)cc3s2)c1C. The lowest BCUT2D eigenvalue weighted by atomic mass is 10.1. The summed E-state index contributed by atoms with van der Waals surface area (Å²) in [4.78, 5) is 45.0. The molecule has 3 amide bonds. The third kappa shape index (κ3) is 5.74. The van der Waals surface area contributed by atoms with Gasteiger partial charge in [-0.3, -0.25) is 14.4 Å². The molecule has 1 aliphatic heterocycles. The predicted molar refractivity (Wildman–Crippen MR) is 154 cm³/mol. The topological polar surface area (TPSA) is 91.4 Å². The van der Waals surface area contributed by atoms with E-state index < -0.39 is 0 Å². The lowest BCUT2D eigenvalue weighted by Crippen LogP contribution is -2.29. The molecule has 3 aromatic carbocycles. The molecule has 194 valence electrons. The molecule has 0 bridgehead atoms. The van der Waals surface area contributed by atoms with Gasteiger partial charge in [0.2, 0.25) is 5.91 Å². The van der Waals surface area contributed by atoms with Crippen LogP contribution < -0.4 is 10.6 Å². The molecule has 1 aromatic heterocycles. The number of benzene rings is 3. The second kappa shape index (κ2) is 11.4. The van der Waals surface area contributed by atoms with E-state index in [4.69, 9.17) is 0 Å². The van der Waals surface area contributed by atoms with Crippen molar-refractivity contribution in [3.8, 4) is 0 Å². The second-order valence-electron chi connectivity index (χ2n) is 9.25. The maximum Gasteiger partial charge on any atom is 0.256 e. The fourth-order valence-electron chi connectivity index (χ4n) is 4.40. The van der Waals surface area contributed by atoms with E-state index in [2.05, 4.69) is 15.6 Å². The minimum absolute atomic E-state index is 0.0851. The molecule has 1 aliphatic rings. The Bertz CT molecular complexity index is 1530. The van der Waals surface area contributed by atoms with Crippen LogP contribution in [0.3, 0.4) is 0 Å². The van der Waals surface area contributed by atoms with Gasteiger partial charge in [-0.15, -0.1) is 11.3 Å². The highest BCUT2D eigenvalue weighted by molar-refractivity contribution is 8.01. The van der Waals surface area contributed by atoms with E-state index in [-0.39, 0.29) is 23.5 Å². The molecular weight excluding hydrogens is 516 g/mol. The number of amides is 3. The van der Waals surface area contributed by atoms with E-state index in [9.17, 15) is 14.4 Å². The quantitative estimate of drug-likeness (QED) is 0.273. The Morgan fingerprint density at radius 1 is 0.947 bits per heavy atom. The molecule has 4 aromatic rings. The first-order chi connectivity index (χ1) is 18.4. The monoisotopic (exact) mass is 544 g/mol. The van der Waals surface area contributed by atoms with Crippen molar-refractivity contribution in [2.75, 3.05) is 29.5 Å². The van der Waals surface area contributed by atoms with Gasteiger partial charge in [-0.25, -0.2) is 4.98 Å². The van der Waals surface area contributed by atoms with Gasteiger partial charge in [-0.2, -0.15) is 0 Å². The van der Waals surface area contributed by atoms with E-state index in [1.807, 2.05) is 44.2 Å². The zero-order chi connectivity index (χ0) is 26.6. The van der Waals surface area contributed by atoms with Gasteiger partial charge in [0.15, 0.2) is 4.34 Å². The number of carbonyl (C=O) groups excluding carboxylic acids is 3. The van der Waals surface area contributed by atoms with Crippen LogP contribution in [0, 0.1) is 13.8 Å². The highest BCUT2D eigenvalue weighted by Crippen LogP contribution is 2.32. The summed E-state index contributed by atoms with van der Waals surface area (Å²) in [5.74, 6) is -0.263. The molecule has 2 heterocycles. The molecule has 0 aliphatic carbocycles. The van der Waals surface area contributed by atoms with Gasteiger partial charge in [0, 0.05) is 24.5 Å². The lowest BCUT2D eigenvalue weighted by Gasteiger charge is -2.17. The van der Waals surface area contributed by atoms with Gasteiger partial charge in [0.05, 0.1) is 27.1 Å². The summed E-state index contributed by atoms with van der Waals surface area (Å²) in [7, 11) is 0. The number of fused-ring (bicyclic) bond motifs is 1. The number of aromatic nitrogens is 1. The van der Waals surface area contributed by atoms with Crippen molar-refractivity contribution in [3.05, 3.63) is 82.9 Å². The van der Waals surface area contributed by atoms with Crippen molar-refractivity contribution in [1.29, 1.82) is 0 Å². The maximum absolute atomic E-state index is 13.1. The fraction of sp³-hybridized carbons (Fsp3) is 0.241. The van der Waals surface area contributed by atoms with Gasteiger partial charge >= 0.3 is 0 Å². The second-order valence-corrected chi connectivity index (χ2v) is 11.5. The largest absolute Gasteiger partial charge is 0.339 e. The number of nitrogens with one attached hydrogen (secondary N) is 2. The molecule has 1 saturated heterocycles. The average molecular weight is 545 g/mol. The van der Waals surface area contributed by atoms with E-state index >= 15 is 0 Å². The number of thioether (sulfide) groups is 1. The lowest BCUT2D eigenvalue weighted by molar-refractivity contribution is -0.113. The molecule has 7 nitrogen and oxygen atoms in total. The minimum atomic E-state index is -0.324. The first-order valence-corrected chi connectivity index (χ1v) is 14.3. The number of carbonyl (C=O) groups is 3. The number of likely N-dealkylation sites (tertiary alicyclic amines) is 1. The maximum atomic E-state index is 13.1. The third-order valence-corrected chi connectivity index (χ3v) is 8.79. The summed E-state index contributed by atoms with van der Waals surface area (Å²) < 4.78 is 1.68. The van der Waals surface area contributed by atoms with Gasteiger partial charge in [-0.05, 0) is 74.2 Å². The highest BCUT2D eigenvalue weighted by atomic mass is 32.2. The molecule has 0 atom stereocenters. The summed E-state index contributed by atoms with van der Waals surface area (Å²) in [6.45, 7) is 5.46. The van der Waals surface area contributed by atoms with E-state index in [1.54, 1.807) is 35.2 Å². The highest BCUT2D eigenvalue weighted by Gasteiger charge is 2.24. The Morgan fingerprint density at radius 2 is 1.71 bits per heavy atom. The number of nitrogens with zero attached hydrogens (tertiary/aromatic N) is 2. The molecule has 0 spiro atoms. The smallest absolute Gasteiger partial charge is 0.256 e. The number of anilines is 2. The van der Waals surface area contributed by atoms with Crippen LogP contribution in [-0.2, 0) is 4.79 Å². The Morgan fingerprint density at radius 3 is 2.50 bits per heavy atom. The predicted octanol–water partition coefficient (Wildman–Crippen LogP) is 6.13. The number of thiazole rings is 1. The normalized spacial score (nSPS) is 13.1. The number of rotatable bonds is 7. The standard InChI is InChI=1S/C29H28N4O3S2/c1-18-8-7-11-23(19(18)2)31-26(34)17-37-29-32-24-13-12-20(16-25(24)38-29)30-27(35)21-9-3-4-10-22(21)28(36)33-14-5-6-15-33/h3-4,7-13,16H,5-6,14-15,17H2,1-2H3,(H,30,35)(H,31,34). The van der Waals surface area contributed by atoms with Crippen molar-refractivity contribution < 1.29 is 14.4 Å². The summed E-state index contributed by atoms with van der Waals surface area (Å²) in [5, 5.41) is 5.91. The zero-order valence-corrected chi connectivity index (χ0v) is 22.9. The van der Waals surface area contributed by atoms with Crippen LogP contribution in [0.4, 0.5) is 11.4 Å². The molecule has 5 rings (SSSR count). The van der Waals surface area contributed by atoms with Crippen LogP contribution in [-0.4, -0.2) is 46.4 Å². The molecule has 9 heteroatoms. The van der Waals surface area contributed by atoms with Crippen molar-refractivity contribution in [1.82, 2.24) is 9.88 Å². The Hall–Kier alpha value is -3.69.